The first kappa shape index (κ1) is 15.8. The maximum atomic E-state index is 13.1. The van der Waals surface area contributed by atoms with Crippen LogP contribution in [-0.2, 0) is 10.0 Å². The van der Waals surface area contributed by atoms with Crippen LogP contribution in [0, 0.1) is 11.6 Å². The molecule has 0 bridgehead atoms. The summed E-state index contributed by atoms with van der Waals surface area (Å²) in [6.07, 6.45) is 2.52. The second-order valence-electron chi connectivity index (χ2n) is 5.01. The second-order valence-corrected chi connectivity index (χ2v) is 6.94. The van der Waals surface area contributed by atoms with E-state index < -0.39 is 27.6 Å². The summed E-state index contributed by atoms with van der Waals surface area (Å²) in [5.41, 5.74) is -0.00203. The molecule has 1 aromatic rings. The summed E-state index contributed by atoms with van der Waals surface area (Å²) in [5.74, 6) is -2.68. The molecular formula is C13H16F2N2O3S. The molecular weight excluding hydrogens is 302 g/mol. The van der Waals surface area contributed by atoms with E-state index in [9.17, 15) is 22.0 Å². The lowest BCUT2D eigenvalue weighted by molar-refractivity contribution is 0.0946. The number of carbonyl (C=O) groups is 1. The van der Waals surface area contributed by atoms with E-state index in [1.54, 1.807) is 0 Å². The Kier molecular flexibility index (Phi) is 4.58. The predicted octanol–water partition coefficient (Wildman–Crippen LogP) is 1.12. The number of rotatable bonds is 4. The number of nitrogens with zero attached hydrogens (tertiary/aromatic N) is 1. The molecule has 1 aliphatic rings. The van der Waals surface area contributed by atoms with Gasteiger partial charge in [0.1, 0.15) is 0 Å². The van der Waals surface area contributed by atoms with Crippen molar-refractivity contribution in [2.24, 2.45) is 0 Å². The Bertz CT molecular complexity index is 649. The molecule has 5 nitrogen and oxygen atoms in total. The Balaban J connectivity index is 1.99. The fraction of sp³-hybridized carbons (Fsp3) is 0.462. The minimum Gasteiger partial charge on any atom is -0.350 e. The quantitative estimate of drug-likeness (QED) is 0.904. The van der Waals surface area contributed by atoms with Crippen molar-refractivity contribution in [3.05, 3.63) is 35.4 Å². The van der Waals surface area contributed by atoms with Crippen LogP contribution in [0.4, 0.5) is 8.78 Å². The third-order valence-corrected chi connectivity index (χ3v) is 4.76. The van der Waals surface area contributed by atoms with Gasteiger partial charge in [-0.2, -0.15) is 4.31 Å². The Hall–Kier alpha value is -1.54. The number of benzene rings is 1. The lowest BCUT2D eigenvalue weighted by atomic mass is 10.2. The predicted molar refractivity (Wildman–Crippen MR) is 73.3 cm³/mol. The second kappa shape index (κ2) is 6.07. The van der Waals surface area contributed by atoms with Crippen molar-refractivity contribution in [3.63, 3.8) is 0 Å². The van der Waals surface area contributed by atoms with Gasteiger partial charge in [0, 0.05) is 24.7 Å². The molecule has 1 amide bonds. The standard InChI is InChI=1S/C13H16F2N2O3S/c1-21(19,20)17-6-2-3-10(17)8-16-13(18)9-4-5-11(14)12(15)7-9/h4-5,7,10H,2-3,6,8H2,1H3,(H,16,18). The van der Waals surface area contributed by atoms with Crippen molar-refractivity contribution >= 4 is 15.9 Å². The van der Waals surface area contributed by atoms with Gasteiger partial charge >= 0.3 is 0 Å². The van der Waals surface area contributed by atoms with Gasteiger partial charge in [-0.25, -0.2) is 17.2 Å². The van der Waals surface area contributed by atoms with E-state index in [2.05, 4.69) is 5.32 Å². The first-order valence-electron chi connectivity index (χ1n) is 6.49. The summed E-state index contributed by atoms with van der Waals surface area (Å²) >= 11 is 0. The van der Waals surface area contributed by atoms with E-state index >= 15 is 0 Å². The van der Waals surface area contributed by atoms with Crippen molar-refractivity contribution < 1.29 is 22.0 Å². The minimum atomic E-state index is -3.30. The molecule has 21 heavy (non-hydrogen) atoms. The zero-order chi connectivity index (χ0) is 15.6. The molecule has 1 unspecified atom stereocenters. The molecule has 1 heterocycles. The van der Waals surface area contributed by atoms with Gasteiger partial charge in [0.2, 0.25) is 10.0 Å². The summed E-state index contributed by atoms with van der Waals surface area (Å²) in [6.45, 7) is 0.579. The average molecular weight is 318 g/mol. The van der Waals surface area contributed by atoms with Crippen molar-refractivity contribution in [2.75, 3.05) is 19.3 Å². The molecule has 1 saturated heterocycles. The molecule has 1 N–H and O–H groups in total. The van der Waals surface area contributed by atoms with Gasteiger partial charge in [-0.3, -0.25) is 4.79 Å². The fourth-order valence-corrected chi connectivity index (χ4v) is 3.58. The van der Waals surface area contributed by atoms with Crippen molar-refractivity contribution in [3.8, 4) is 0 Å². The molecule has 1 aliphatic heterocycles. The van der Waals surface area contributed by atoms with Crippen LogP contribution in [0.2, 0.25) is 0 Å². The normalized spacial score (nSPS) is 19.7. The minimum absolute atomic E-state index is 0.00203. The Morgan fingerprint density at radius 3 is 2.71 bits per heavy atom. The molecule has 0 radical (unpaired) electrons. The smallest absolute Gasteiger partial charge is 0.251 e. The number of nitrogens with one attached hydrogen (secondary N) is 1. The number of carbonyl (C=O) groups excluding carboxylic acids is 1. The maximum Gasteiger partial charge on any atom is 0.251 e. The molecule has 116 valence electrons. The van der Waals surface area contributed by atoms with Crippen LogP contribution < -0.4 is 5.32 Å². The Morgan fingerprint density at radius 2 is 2.10 bits per heavy atom. The molecule has 1 atom stereocenters. The number of hydrogen-bond acceptors (Lipinski definition) is 3. The van der Waals surface area contributed by atoms with E-state index in [4.69, 9.17) is 0 Å². The maximum absolute atomic E-state index is 13.1. The Morgan fingerprint density at radius 1 is 1.38 bits per heavy atom. The largest absolute Gasteiger partial charge is 0.350 e. The highest BCUT2D eigenvalue weighted by Gasteiger charge is 2.31. The fourth-order valence-electron chi connectivity index (χ4n) is 2.40. The summed E-state index contributed by atoms with van der Waals surface area (Å²) in [5, 5.41) is 2.56. The zero-order valence-corrected chi connectivity index (χ0v) is 12.3. The van der Waals surface area contributed by atoms with Gasteiger partial charge in [-0.05, 0) is 31.0 Å². The molecule has 2 rings (SSSR count). The Labute approximate surface area is 122 Å². The molecule has 8 heteroatoms. The molecule has 1 fully saturated rings. The lowest BCUT2D eigenvalue weighted by Gasteiger charge is -2.22. The van der Waals surface area contributed by atoms with Crippen LogP contribution in [0.1, 0.15) is 23.2 Å². The van der Waals surface area contributed by atoms with Crippen molar-refractivity contribution in [1.29, 1.82) is 0 Å². The van der Waals surface area contributed by atoms with Gasteiger partial charge in [-0.15, -0.1) is 0 Å². The van der Waals surface area contributed by atoms with Crippen molar-refractivity contribution in [1.82, 2.24) is 9.62 Å². The van der Waals surface area contributed by atoms with Gasteiger partial charge < -0.3 is 5.32 Å². The van der Waals surface area contributed by atoms with E-state index in [0.717, 1.165) is 24.8 Å². The summed E-state index contributed by atoms with van der Waals surface area (Å²) in [6, 6.07) is 2.57. The topological polar surface area (TPSA) is 66.5 Å². The van der Waals surface area contributed by atoms with Crippen LogP contribution in [0.15, 0.2) is 18.2 Å². The zero-order valence-electron chi connectivity index (χ0n) is 11.5. The molecule has 1 aromatic carbocycles. The number of hydrogen-bond donors (Lipinski definition) is 1. The third kappa shape index (κ3) is 3.76. The van der Waals surface area contributed by atoms with Crippen molar-refractivity contribution in [2.45, 2.75) is 18.9 Å². The SMILES string of the molecule is CS(=O)(=O)N1CCCC1CNC(=O)c1ccc(F)c(F)c1. The first-order valence-corrected chi connectivity index (χ1v) is 8.34. The molecule has 0 aliphatic carbocycles. The summed E-state index contributed by atoms with van der Waals surface area (Å²) in [7, 11) is -3.30. The average Bonchev–Trinajstić information content (AvgIpc) is 2.87. The first-order chi connectivity index (χ1) is 9.79. The van der Waals surface area contributed by atoms with Gasteiger partial charge in [0.05, 0.1) is 6.26 Å². The van der Waals surface area contributed by atoms with Crippen LogP contribution in [-0.4, -0.2) is 44.0 Å². The van der Waals surface area contributed by atoms with Gasteiger partial charge in [0.25, 0.3) is 5.91 Å². The number of sulfonamides is 1. The van der Waals surface area contributed by atoms with Crippen LogP contribution in [0.3, 0.4) is 0 Å². The monoisotopic (exact) mass is 318 g/mol. The highest BCUT2D eigenvalue weighted by Crippen LogP contribution is 2.19. The molecule has 0 aromatic heterocycles. The highest BCUT2D eigenvalue weighted by molar-refractivity contribution is 7.88. The van der Waals surface area contributed by atoms with E-state index in [1.807, 2.05) is 0 Å². The van der Waals surface area contributed by atoms with Gasteiger partial charge in [-0.1, -0.05) is 0 Å². The summed E-state index contributed by atoms with van der Waals surface area (Å²) in [4.78, 5) is 11.9. The van der Waals surface area contributed by atoms with E-state index in [0.29, 0.717) is 13.0 Å². The van der Waals surface area contributed by atoms with Gasteiger partial charge in [0.15, 0.2) is 11.6 Å². The number of halogens is 2. The molecule has 0 saturated carbocycles. The third-order valence-electron chi connectivity index (χ3n) is 3.43. The number of amides is 1. The highest BCUT2D eigenvalue weighted by atomic mass is 32.2. The van der Waals surface area contributed by atoms with Crippen LogP contribution in [0.25, 0.3) is 0 Å². The molecule has 0 spiro atoms. The van der Waals surface area contributed by atoms with E-state index in [-0.39, 0.29) is 18.2 Å². The van der Waals surface area contributed by atoms with Crippen LogP contribution >= 0.6 is 0 Å². The lowest BCUT2D eigenvalue weighted by Crippen LogP contribution is -2.42. The van der Waals surface area contributed by atoms with E-state index in [1.165, 1.54) is 10.4 Å². The summed E-state index contributed by atoms with van der Waals surface area (Å²) < 4.78 is 50.3. The van der Waals surface area contributed by atoms with Crippen LogP contribution in [0.5, 0.6) is 0 Å².